The molecule has 1 amide bonds. The second kappa shape index (κ2) is 9.34. The van der Waals surface area contributed by atoms with E-state index in [-0.39, 0.29) is 18.7 Å². The molecule has 0 radical (unpaired) electrons. The lowest BCUT2D eigenvalue weighted by Gasteiger charge is -2.11. The molecule has 0 saturated heterocycles. The highest BCUT2D eigenvalue weighted by molar-refractivity contribution is 7.17. The third-order valence-electron chi connectivity index (χ3n) is 5.21. The van der Waals surface area contributed by atoms with Crippen LogP contribution in [-0.2, 0) is 22.4 Å². The maximum absolute atomic E-state index is 12.7. The number of ether oxygens (including phenoxy) is 3. The first-order valence-corrected chi connectivity index (χ1v) is 11.2. The van der Waals surface area contributed by atoms with Gasteiger partial charge < -0.3 is 19.5 Å². The SMILES string of the molecule is CCOC(=O)c1c(NC(=O)C=Cc2ccc3c(c2)OCO3)sc2c1CCCCCC2. The van der Waals surface area contributed by atoms with Crippen molar-refractivity contribution in [2.24, 2.45) is 0 Å². The van der Waals surface area contributed by atoms with E-state index in [1.807, 2.05) is 18.2 Å². The predicted octanol–water partition coefficient (Wildman–Crippen LogP) is 4.96. The van der Waals surface area contributed by atoms with Crippen LogP contribution in [0.1, 0.15) is 59.0 Å². The Hall–Kier alpha value is -2.80. The van der Waals surface area contributed by atoms with Crippen LogP contribution in [0, 0.1) is 0 Å². The average Bonchev–Trinajstić information content (AvgIpc) is 3.30. The molecule has 2 aliphatic rings. The number of amides is 1. The molecule has 0 bridgehead atoms. The Morgan fingerprint density at radius 1 is 1.13 bits per heavy atom. The van der Waals surface area contributed by atoms with E-state index in [1.54, 1.807) is 13.0 Å². The number of aryl methyl sites for hydroxylation is 1. The maximum atomic E-state index is 12.7. The minimum atomic E-state index is -0.356. The maximum Gasteiger partial charge on any atom is 0.341 e. The van der Waals surface area contributed by atoms with Gasteiger partial charge in [-0.25, -0.2) is 4.79 Å². The van der Waals surface area contributed by atoms with Crippen molar-refractivity contribution >= 4 is 34.3 Å². The number of hydrogen-bond donors (Lipinski definition) is 1. The van der Waals surface area contributed by atoms with Crippen LogP contribution in [0.3, 0.4) is 0 Å². The van der Waals surface area contributed by atoms with Crippen molar-refractivity contribution in [3.63, 3.8) is 0 Å². The van der Waals surface area contributed by atoms with Crippen LogP contribution < -0.4 is 14.8 Å². The van der Waals surface area contributed by atoms with E-state index in [0.717, 1.165) is 43.2 Å². The standard InChI is InChI=1S/C23H25NO5S/c1-2-27-23(26)21-16-7-5-3-4-6-8-19(16)30-22(21)24-20(25)12-10-15-9-11-17-18(13-15)29-14-28-17/h9-13H,2-8,14H2,1H3,(H,24,25). The molecule has 0 atom stereocenters. The van der Waals surface area contributed by atoms with Crippen LogP contribution in [0.4, 0.5) is 5.00 Å². The summed E-state index contributed by atoms with van der Waals surface area (Å²) in [6, 6.07) is 5.50. The summed E-state index contributed by atoms with van der Waals surface area (Å²) < 4.78 is 16.0. The smallest absolute Gasteiger partial charge is 0.341 e. The third kappa shape index (κ3) is 4.51. The number of rotatable bonds is 5. The molecule has 158 valence electrons. The van der Waals surface area contributed by atoms with Crippen molar-refractivity contribution in [2.45, 2.75) is 45.4 Å². The molecule has 1 N–H and O–H groups in total. The van der Waals surface area contributed by atoms with Crippen molar-refractivity contribution in [1.82, 2.24) is 0 Å². The monoisotopic (exact) mass is 427 g/mol. The largest absolute Gasteiger partial charge is 0.462 e. The van der Waals surface area contributed by atoms with E-state index in [2.05, 4.69) is 5.32 Å². The van der Waals surface area contributed by atoms with E-state index < -0.39 is 0 Å². The quantitative estimate of drug-likeness (QED) is 0.539. The number of esters is 1. The first-order valence-electron chi connectivity index (χ1n) is 10.4. The van der Waals surface area contributed by atoms with Crippen LogP contribution in [0.25, 0.3) is 6.08 Å². The highest BCUT2D eigenvalue weighted by atomic mass is 32.1. The normalized spacial score (nSPS) is 15.4. The lowest BCUT2D eigenvalue weighted by molar-refractivity contribution is -0.111. The summed E-state index contributed by atoms with van der Waals surface area (Å²) in [6.07, 6.45) is 9.48. The van der Waals surface area contributed by atoms with Gasteiger partial charge in [-0.3, -0.25) is 4.79 Å². The van der Waals surface area contributed by atoms with E-state index in [4.69, 9.17) is 14.2 Å². The van der Waals surface area contributed by atoms with E-state index in [9.17, 15) is 9.59 Å². The van der Waals surface area contributed by atoms with Gasteiger partial charge in [-0.2, -0.15) is 0 Å². The van der Waals surface area contributed by atoms with Crippen molar-refractivity contribution in [3.05, 3.63) is 45.8 Å². The summed E-state index contributed by atoms with van der Waals surface area (Å²) in [5, 5.41) is 3.49. The molecule has 0 unspecified atom stereocenters. The number of fused-ring (bicyclic) bond motifs is 2. The molecule has 7 heteroatoms. The Kier molecular flexibility index (Phi) is 6.38. The lowest BCUT2D eigenvalue weighted by Crippen LogP contribution is -2.13. The van der Waals surface area contributed by atoms with Gasteiger partial charge >= 0.3 is 5.97 Å². The van der Waals surface area contributed by atoms with Crippen molar-refractivity contribution in [3.8, 4) is 11.5 Å². The fraction of sp³-hybridized carbons (Fsp3) is 0.391. The van der Waals surface area contributed by atoms with Gasteiger partial charge in [-0.05, 0) is 61.9 Å². The number of carbonyl (C=O) groups excluding carboxylic acids is 2. The summed E-state index contributed by atoms with van der Waals surface area (Å²) >= 11 is 1.50. The highest BCUT2D eigenvalue weighted by Crippen LogP contribution is 2.38. The van der Waals surface area contributed by atoms with Gasteiger partial charge in [0.2, 0.25) is 12.7 Å². The van der Waals surface area contributed by atoms with Gasteiger partial charge in [0.15, 0.2) is 11.5 Å². The molecule has 0 fully saturated rings. The molecule has 6 nitrogen and oxygen atoms in total. The van der Waals surface area contributed by atoms with Crippen LogP contribution in [-0.4, -0.2) is 25.3 Å². The van der Waals surface area contributed by atoms with Crippen molar-refractivity contribution in [2.75, 3.05) is 18.7 Å². The second-order valence-corrected chi connectivity index (χ2v) is 8.38. The van der Waals surface area contributed by atoms with E-state index in [0.29, 0.717) is 28.7 Å². The zero-order chi connectivity index (χ0) is 20.9. The number of hydrogen-bond acceptors (Lipinski definition) is 6. The number of anilines is 1. The zero-order valence-corrected chi connectivity index (χ0v) is 17.8. The number of benzene rings is 1. The second-order valence-electron chi connectivity index (χ2n) is 7.28. The van der Waals surface area contributed by atoms with E-state index in [1.165, 1.54) is 28.7 Å². The molecule has 0 saturated carbocycles. The Labute approximate surface area is 179 Å². The molecule has 2 heterocycles. The van der Waals surface area contributed by atoms with Gasteiger partial charge in [0.05, 0.1) is 12.2 Å². The zero-order valence-electron chi connectivity index (χ0n) is 17.0. The number of carbonyl (C=O) groups is 2. The molecule has 1 aliphatic carbocycles. The predicted molar refractivity (Wildman–Crippen MR) is 116 cm³/mol. The molecular weight excluding hydrogens is 402 g/mol. The highest BCUT2D eigenvalue weighted by Gasteiger charge is 2.26. The molecule has 1 aromatic heterocycles. The van der Waals surface area contributed by atoms with Crippen LogP contribution >= 0.6 is 11.3 Å². The van der Waals surface area contributed by atoms with Gasteiger partial charge in [0.1, 0.15) is 5.00 Å². The molecule has 0 spiro atoms. The Morgan fingerprint density at radius 2 is 1.93 bits per heavy atom. The lowest BCUT2D eigenvalue weighted by atomic mass is 9.96. The fourth-order valence-electron chi connectivity index (χ4n) is 3.77. The summed E-state index contributed by atoms with van der Waals surface area (Å²) in [7, 11) is 0. The molecule has 30 heavy (non-hydrogen) atoms. The minimum Gasteiger partial charge on any atom is -0.462 e. The fourth-order valence-corrected chi connectivity index (χ4v) is 5.05. The van der Waals surface area contributed by atoms with Crippen LogP contribution in [0.15, 0.2) is 24.3 Å². The number of nitrogens with one attached hydrogen (secondary N) is 1. The van der Waals surface area contributed by atoms with Gasteiger partial charge in [0.25, 0.3) is 0 Å². The van der Waals surface area contributed by atoms with Crippen LogP contribution in [0.2, 0.25) is 0 Å². The topological polar surface area (TPSA) is 73.9 Å². The van der Waals surface area contributed by atoms with Crippen molar-refractivity contribution in [1.29, 1.82) is 0 Å². The Morgan fingerprint density at radius 3 is 2.77 bits per heavy atom. The third-order valence-corrected chi connectivity index (χ3v) is 6.42. The molecule has 4 rings (SSSR count). The Bertz CT molecular complexity index is 978. The van der Waals surface area contributed by atoms with Gasteiger partial charge in [-0.1, -0.05) is 18.9 Å². The molecule has 1 aliphatic heterocycles. The molecular formula is C23H25NO5S. The summed E-state index contributed by atoms with van der Waals surface area (Å²) in [5.41, 5.74) is 2.41. The van der Waals surface area contributed by atoms with E-state index >= 15 is 0 Å². The van der Waals surface area contributed by atoms with Gasteiger partial charge in [-0.15, -0.1) is 11.3 Å². The number of thiophene rings is 1. The minimum absolute atomic E-state index is 0.211. The average molecular weight is 428 g/mol. The summed E-state index contributed by atoms with van der Waals surface area (Å²) in [4.78, 5) is 26.4. The molecule has 1 aromatic carbocycles. The van der Waals surface area contributed by atoms with Crippen LogP contribution in [0.5, 0.6) is 11.5 Å². The Balaban J connectivity index is 1.54. The first kappa shape index (κ1) is 20.5. The molecule has 2 aromatic rings. The van der Waals surface area contributed by atoms with Crippen molar-refractivity contribution < 1.29 is 23.8 Å². The first-order chi connectivity index (χ1) is 14.7. The summed E-state index contributed by atoms with van der Waals surface area (Å²) in [5.74, 6) is 0.727. The van der Waals surface area contributed by atoms with Gasteiger partial charge in [0, 0.05) is 11.0 Å². The summed E-state index contributed by atoms with van der Waals surface area (Å²) in [6.45, 7) is 2.31.